The van der Waals surface area contributed by atoms with Crippen molar-refractivity contribution in [3.8, 4) is 0 Å². The molecule has 3 heterocycles. The first kappa shape index (κ1) is 9.95. The Balaban J connectivity index is 1.84. The second-order valence-corrected chi connectivity index (χ2v) is 5.54. The van der Waals surface area contributed by atoms with Gasteiger partial charge in [0, 0.05) is 47.0 Å². The average Bonchev–Trinajstić information content (AvgIpc) is 2.91. The summed E-state index contributed by atoms with van der Waals surface area (Å²) in [4.78, 5) is 11.7. The van der Waals surface area contributed by atoms with Crippen LogP contribution in [-0.4, -0.2) is 14.4 Å². The fourth-order valence-corrected chi connectivity index (χ4v) is 3.18. The van der Waals surface area contributed by atoms with Gasteiger partial charge in [-0.2, -0.15) is 0 Å². The van der Waals surface area contributed by atoms with Crippen LogP contribution in [0.1, 0.15) is 15.8 Å². The average molecular weight is 250 g/mol. The summed E-state index contributed by atoms with van der Waals surface area (Å²) in [6.07, 6.45) is 8.51. The van der Waals surface area contributed by atoms with Crippen molar-refractivity contribution in [2.24, 2.45) is 5.73 Å². The van der Waals surface area contributed by atoms with Crippen molar-refractivity contribution >= 4 is 27.6 Å². The minimum atomic E-state index is 0.0344. The van der Waals surface area contributed by atoms with Crippen molar-refractivity contribution < 1.29 is 0 Å². The molecule has 3 aromatic rings. The van der Waals surface area contributed by atoms with Crippen molar-refractivity contribution in [3.63, 3.8) is 0 Å². The minimum Gasteiger partial charge on any atom is -0.323 e. The van der Waals surface area contributed by atoms with Gasteiger partial charge in [0.25, 0.3) is 0 Å². The maximum atomic E-state index is 6.16. The first-order chi connectivity index (χ1) is 7.83. The van der Waals surface area contributed by atoms with Gasteiger partial charge >= 0.3 is 0 Å². The SMILES string of the molecule is NC(Cc1cncs1)c1cn2ccnc2s1. The molecular formula is C10H10N4S2. The maximum Gasteiger partial charge on any atom is 0.193 e. The van der Waals surface area contributed by atoms with Crippen LogP contribution in [-0.2, 0) is 6.42 Å². The van der Waals surface area contributed by atoms with Crippen molar-refractivity contribution in [2.75, 3.05) is 0 Å². The van der Waals surface area contributed by atoms with Crippen LogP contribution in [0.3, 0.4) is 0 Å². The largest absolute Gasteiger partial charge is 0.323 e. The number of thiazole rings is 2. The molecule has 0 aliphatic rings. The van der Waals surface area contributed by atoms with Gasteiger partial charge in [0.1, 0.15) is 0 Å². The third kappa shape index (κ3) is 1.75. The van der Waals surface area contributed by atoms with Crippen molar-refractivity contribution in [3.05, 3.63) is 40.1 Å². The Morgan fingerprint density at radius 3 is 3.19 bits per heavy atom. The highest BCUT2D eigenvalue weighted by atomic mass is 32.1. The second-order valence-electron chi connectivity index (χ2n) is 3.53. The minimum absolute atomic E-state index is 0.0344. The number of imidazole rings is 1. The van der Waals surface area contributed by atoms with Crippen LogP contribution in [0.5, 0.6) is 0 Å². The molecule has 0 aliphatic heterocycles. The molecule has 0 fully saturated rings. The number of rotatable bonds is 3. The molecule has 1 atom stereocenters. The van der Waals surface area contributed by atoms with E-state index < -0.39 is 0 Å². The predicted molar refractivity (Wildman–Crippen MR) is 65.8 cm³/mol. The molecule has 1 unspecified atom stereocenters. The number of hydrogen-bond donors (Lipinski definition) is 1. The smallest absolute Gasteiger partial charge is 0.193 e. The summed E-state index contributed by atoms with van der Waals surface area (Å²) in [5.41, 5.74) is 7.99. The number of hydrogen-bond acceptors (Lipinski definition) is 5. The van der Waals surface area contributed by atoms with Gasteiger partial charge in [-0.25, -0.2) is 4.98 Å². The van der Waals surface area contributed by atoms with Crippen LogP contribution < -0.4 is 5.73 Å². The molecule has 0 saturated heterocycles. The van der Waals surface area contributed by atoms with Crippen LogP contribution in [0.25, 0.3) is 4.96 Å². The molecular weight excluding hydrogens is 240 g/mol. The Morgan fingerprint density at radius 2 is 2.44 bits per heavy atom. The fourth-order valence-electron chi connectivity index (χ4n) is 1.58. The van der Waals surface area contributed by atoms with Crippen LogP contribution in [0.2, 0.25) is 0 Å². The van der Waals surface area contributed by atoms with Gasteiger partial charge in [0.05, 0.1) is 5.51 Å². The summed E-state index contributed by atoms with van der Waals surface area (Å²) in [5, 5.41) is 0. The maximum absolute atomic E-state index is 6.16. The standard InChI is InChI=1S/C10H10N4S2/c11-8(3-7-4-12-6-15-7)9-5-14-2-1-13-10(14)16-9/h1-2,4-6,8H,3,11H2. The molecule has 0 saturated carbocycles. The van der Waals surface area contributed by atoms with Crippen molar-refractivity contribution in [1.82, 2.24) is 14.4 Å². The summed E-state index contributed by atoms with van der Waals surface area (Å²) in [7, 11) is 0. The molecule has 82 valence electrons. The van der Waals surface area contributed by atoms with E-state index in [0.717, 1.165) is 16.3 Å². The Bertz CT molecular complexity index is 552. The predicted octanol–water partition coefficient (Wildman–Crippen LogP) is 2.09. The zero-order chi connectivity index (χ0) is 11.0. The molecule has 0 bridgehead atoms. The Labute approximate surface area is 100 Å². The molecule has 0 aromatic carbocycles. The fraction of sp³-hybridized carbons (Fsp3) is 0.200. The van der Waals surface area contributed by atoms with Crippen LogP contribution in [0, 0.1) is 0 Å². The molecule has 0 spiro atoms. The number of fused-ring (bicyclic) bond motifs is 1. The van der Waals surface area contributed by atoms with Gasteiger partial charge in [-0.05, 0) is 0 Å². The van der Waals surface area contributed by atoms with E-state index in [1.54, 1.807) is 28.9 Å². The molecule has 2 N–H and O–H groups in total. The Hall–Kier alpha value is -1.24. The van der Waals surface area contributed by atoms with Crippen LogP contribution in [0.15, 0.2) is 30.3 Å². The molecule has 6 heteroatoms. The van der Waals surface area contributed by atoms with E-state index in [1.165, 1.54) is 4.88 Å². The molecule has 0 amide bonds. The zero-order valence-electron chi connectivity index (χ0n) is 8.41. The Kier molecular flexibility index (Phi) is 2.47. The van der Waals surface area contributed by atoms with E-state index in [-0.39, 0.29) is 6.04 Å². The van der Waals surface area contributed by atoms with Gasteiger partial charge < -0.3 is 5.73 Å². The third-order valence-corrected chi connectivity index (χ3v) is 4.32. The molecule has 0 radical (unpaired) electrons. The number of aromatic nitrogens is 3. The summed E-state index contributed by atoms with van der Waals surface area (Å²) in [5.74, 6) is 0. The molecule has 4 nitrogen and oxygen atoms in total. The van der Waals surface area contributed by atoms with E-state index in [4.69, 9.17) is 5.73 Å². The van der Waals surface area contributed by atoms with E-state index >= 15 is 0 Å². The lowest BCUT2D eigenvalue weighted by Gasteiger charge is -2.05. The summed E-state index contributed by atoms with van der Waals surface area (Å²) < 4.78 is 2.01. The van der Waals surface area contributed by atoms with E-state index in [2.05, 4.69) is 16.2 Å². The third-order valence-electron chi connectivity index (χ3n) is 2.38. The summed E-state index contributed by atoms with van der Waals surface area (Å²) in [6, 6.07) is 0.0344. The van der Waals surface area contributed by atoms with E-state index in [9.17, 15) is 0 Å². The zero-order valence-corrected chi connectivity index (χ0v) is 10.0. The highest BCUT2D eigenvalue weighted by molar-refractivity contribution is 7.17. The first-order valence-electron chi connectivity index (χ1n) is 4.88. The summed E-state index contributed by atoms with van der Waals surface area (Å²) >= 11 is 3.29. The van der Waals surface area contributed by atoms with Gasteiger partial charge in [-0.3, -0.25) is 9.38 Å². The quantitative estimate of drug-likeness (QED) is 0.774. The van der Waals surface area contributed by atoms with Crippen LogP contribution in [0.4, 0.5) is 0 Å². The lowest BCUT2D eigenvalue weighted by Crippen LogP contribution is -2.11. The number of nitrogens with two attached hydrogens (primary N) is 1. The normalized spacial score (nSPS) is 13.3. The molecule has 0 aliphatic carbocycles. The lowest BCUT2D eigenvalue weighted by atomic mass is 10.2. The van der Waals surface area contributed by atoms with Crippen molar-refractivity contribution in [2.45, 2.75) is 12.5 Å². The lowest BCUT2D eigenvalue weighted by molar-refractivity contribution is 0.740. The van der Waals surface area contributed by atoms with E-state index in [1.807, 2.05) is 22.3 Å². The first-order valence-corrected chi connectivity index (χ1v) is 6.58. The highest BCUT2D eigenvalue weighted by Gasteiger charge is 2.12. The van der Waals surface area contributed by atoms with Gasteiger partial charge in [-0.15, -0.1) is 11.3 Å². The molecule has 3 rings (SSSR count). The monoisotopic (exact) mass is 250 g/mol. The second kappa shape index (κ2) is 3.97. The molecule has 3 aromatic heterocycles. The van der Waals surface area contributed by atoms with Crippen molar-refractivity contribution in [1.29, 1.82) is 0 Å². The Morgan fingerprint density at radius 1 is 1.50 bits per heavy atom. The topological polar surface area (TPSA) is 56.2 Å². The number of nitrogens with zero attached hydrogens (tertiary/aromatic N) is 3. The van der Waals surface area contributed by atoms with Gasteiger partial charge in [0.15, 0.2) is 4.96 Å². The van der Waals surface area contributed by atoms with Gasteiger partial charge in [-0.1, -0.05) is 11.3 Å². The molecule has 16 heavy (non-hydrogen) atoms. The highest BCUT2D eigenvalue weighted by Crippen LogP contribution is 2.25. The van der Waals surface area contributed by atoms with Crippen LogP contribution >= 0.6 is 22.7 Å². The van der Waals surface area contributed by atoms with Gasteiger partial charge in [0.2, 0.25) is 0 Å². The summed E-state index contributed by atoms with van der Waals surface area (Å²) in [6.45, 7) is 0. The van der Waals surface area contributed by atoms with E-state index in [0.29, 0.717) is 0 Å².